The molecule has 3 aromatic rings. The third kappa shape index (κ3) is 6.45. The van der Waals surface area contributed by atoms with Crippen molar-refractivity contribution in [2.75, 3.05) is 19.6 Å². The second-order valence-electron chi connectivity index (χ2n) is 10.0. The molecule has 0 aromatic carbocycles. The third-order valence-electron chi connectivity index (χ3n) is 7.42. The Bertz CT molecular complexity index is 1310. The van der Waals surface area contributed by atoms with E-state index in [1.165, 1.54) is 11.2 Å². The normalized spacial score (nSPS) is 18.6. The van der Waals surface area contributed by atoms with E-state index in [0.29, 0.717) is 17.7 Å². The third-order valence-corrected chi connectivity index (χ3v) is 7.42. The number of nitrogens with one attached hydrogen (secondary N) is 1. The van der Waals surface area contributed by atoms with Crippen LogP contribution in [0.1, 0.15) is 45.4 Å². The summed E-state index contributed by atoms with van der Waals surface area (Å²) in [5.41, 5.74) is 3.85. The molecule has 1 N–H and O–H groups in total. The van der Waals surface area contributed by atoms with Gasteiger partial charge in [-0.05, 0) is 61.3 Å². The molecule has 3 aromatic heterocycles. The zero-order valence-corrected chi connectivity index (χ0v) is 22.6. The van der Waals surface area contributed by atoms with E-state index >= 15 is 0 Å². The van der Waals surface area contributed by atoms with E-state index in [9.17, 15) is 4.79 Å². The van der Waals surface area contributed by atoms with E-state index in [1.54, 1.807) is 31.8 Å². The van der Waals surface area contributed by atoms with Crippen LogP contribution in [0.5, 0.6) is 0 Å². The predicted octanol–water partition coefficient (Wildman–Crippen LogP) is 4.70. The molecule has 1 amide bonds. The van der Waals surface area contributed by atoms with Crippen molar-refractivity contribution in [3.05, 3.63) is 79.3 Å². The number of pyridine rings is 1. The molecule has 200 valence electrons. The minimum Gasteiger partial charge on any atom is -0.463 e. The number of aromatic nitrogens is 5. The lowest BCUT2D eigenvalue weighted by Crippen LogP contribution is -2.40. The van der Waals surface area contributed by atoms with Crippen LogP contribution < -0.4 is 5.32 Å². The van der Waals surface area contributed by atoms with Crippen LogP contribution in [0, 0.1) is 11.3 Å². The maximum atomic E-state index is 13.0. The minimum atomic E-state index is 0.131. The van der Waals surface area contributed by atoms with Crippen LogP contribution in [0.15, 0.2) is 77.9 Å². The highest BCUT2D eigenvalue weighted by Crippen LogP contribution is 2.59. The van der Waals surface area contributed by atoms with Crippen molar-refractivity contribution in [1.29, 1.82) is 0 Å². The fourth-order valence-corrected chi connectivity index (χ4v) is 4.96. The Kier molecular flexibility index (Phi) is 8.55. The largest absolute Gasteiger partial charge is 0.463 e. The fourth-order valence-electron chi connectivity index (χ4n) is 4.96. The van der Waals surface area contributed by atoms with Gasteiger partial charge in [0, 0.05) is 48.1 Å². The molecule has 38 heavy (non-hydrogen) atoms. The van der Waals surface area contributed by atoms with Gasteiger partial charge in [0.25, 0.3) is 0 Å². The summed E-state index contributed by atoms with van der Waals surface area (Å²) in [4.78, 5) is 20.3. The number of aryl methyl sites for hydroxylation is 1. The van der Waals surface area contributed by atoms with Gasteiger partial charge in [0.15, 0.2) is 5.58 Å². The zero-order valence-electron chi connectivity index (χ0n) is 22.6. The topological polar surface area (TPSA) is 102 Å². The molecule has 1 saturated heterocycles. The van der Waals surface area contributed by atoms with Gasteiger partial charge in [0.1, 0.15) is 0 Å². The van der Waals surface area contributed by atoms with Crippen molar-refractivity contribution in [3.8, 4) is 0 Å². The van der Waals surface area contributed by atoms with Gasteiger partial charge in [0.05, 0.1) is 19.5 Å². The van der Waals surface area contributed by atoms with E-state index in [4.69, 9.17) is 4.42 Å². The summed E-state index contributed by atoms with van der Waals surface area (Å²) in [6, 6.07) is 3.83. The van der Waals surface area contributed by atoms with E-state index < -0.39 is 0 Å². The van der Waals surface area contributed by atoms with Crippen molar-refractivity contribution in [2.45, 2.75) is 39.5 Å². The fraction of sp³-hybridized carbons (Fsp3) is 0.414. The highest BCUT2D eigenvalue weighted by molar-refractivity contribution is 5.94. The van der Waals surface area contributed by atoms with Crippen LogP contribution in [-0.2, 0) is 11.8 Å². The van der Waals surface area contributed by atoms with E-state index in [0.717, 1.165) is 66.2 Å². The summed E-state index contributed by atoms with van der Waals surface area (Å²) in [6.07, 6.45) is 14.7. The van der Waals surface area contributed by atoms with Crippen LogP contribution in [0.25, 0.3) is 16.5 Å². The molecule has 1 saturated carbocycles. The first kappa shape index (κ1) is 27.0. The van der Waals surface area contributed by atoms with Crippen molar-refractivity contribution in [1.82, 2.24) is 35.4 Å². The highest BCUT2D eigenvalue weighted by Gasteiger charge is 2.54. The Balaban J connectivity index is 0.000000311. The summed E-state index contributed by atoms with van der Waals surface area (Å²) < 4.78 is 5.06. The number of piperidine rings is 1. The molecule has 1 spiro atoms. The molecular weight excluding hydrogens is 478 g/mol. The zero-order chi connectivity index (χ0) is 27.1. The lowest BCUT2D eigenvalue weighted by Gasteiger charge is -2.33. The highest BCUT2D eigenvalue weighted by atomic mass is 16.3. The van der Waals surface area contributed by atoms with Gasteiger partial charge >= 0.3 is 0 Å². The van der Waals surface area contributed by atoms with Gasteiger partial charge in [0.2, 0.25) is 11.7 Å². The molecule has 5 rings (SSSR count). The molecule has 9 heteroatoms. The van der Waals surface area contributed by atoms with Crippen LogP contribution in [-0.4, -0.2) is 55.6 Å². The number of nitrogens with zero attached hydrogens (tertiary/aromatic N) is 6. The van der Waals surface area contributed by atoms with Crippen LogP contribution in [0.2, 0.25) is 0 Å². The number of carbonyl (C=O) groups is 1. The monoisotopic (exact) mass is 515 g/mol. The van der Waals surface area contributed by atoms with Gasteiger partial charge in [-0.25, -0.2) is 0 Å². The van der Waals surface area contributed by atoms with Crippen molar-refractivity contribution in [2.24, 2.45) is 18.4 Å². The molecular formula is C29H37N7O2. The number of furan rings is 1. The van der Waals surface area contributed by atoms with Gasteiger partial charge in [-0.3, -0.25) is 9.78 Å². The van der Waals surface area contributed by atoms with E-state index in [1.807, 2.05) is 43.0 Å². The summed E-state index contributed by atoms with van der Waals surface area (Å²) >= 11 is 0. The Morgan fingerprint density at radius 2 is 2.08 bits per heavy atom. The number of tetrazole rings is 1. The van der Waals surface area contributed by atoms with Gasteiger partial charge in [-0.15, -0.1) is 10.2 Å². The second kappa shape index (κ2) is 12.0. The lowest BCUT2D eigenvalue weighted by molar-refractivity contribution is -0.128. The van der Waals surface area contributed by atoms with Gasteiger partial charge < -0.3 is 14.6 Å². The number of hydrogen-bond donors (Lipinski definition) is 1. The lowest BCUT2D eigenvalue weighted by atomic mass is 9.90. The van der Waals surface area contributed by atoms with Crippen LogP contribution in [0.4, 0.5) is 0 Å². The molecule has 2 aliphatic rings. The Morgan fingerprint density at radius 1 is 1.29 bits per heavy atom. The van der Waals surface area contributed by atoms with Crippen molar-refractivity contribution < 1.29 is 9.21 Å². The summed E-state index contributed by atoms with van der Waals surface area (Å²) in [7, 11) is 1.72. The van der Waals surface area contributed by atoms with Crippen LogP contribution >= 0.6 is 0 Å². The summed E-state index contributed by atoms with van der Waals surface area (Å²) in [5.74, 6) is 1.35. The Hall–Kier alpha value is -4.01. The van der Waals surface area contributed by atoms with E-state index in [2.05, 4.69) is 38.9 Å². The second-order valence-corrected chi connectivity index (χ2v) is 10.0. The first-order chi connectivity index (χ1) is 18.3. The average molecular weight is 516 g/mol. The predicted molar refractivity (Wildman–Crippen MR) is 149 cm³/mol. The SMILES string of the molecule is C=C/C(=C\C=C(/CC)C(=O)N1CCC2(CC1)CC2CNC(=C)C)c1nnn(C)n1.c1cc2ccoc2cn1. The van der Waals surface area contributed by atoms with Crippen molar-refractivity contribution in [3.63, 3.8) is 0 Å². The first-order valence-electron chi connectivity index (χ1n) is 13.1. The number of amides is 1. The number of carbonyl (C=O) groups excluding carboxylic acids is 1. The maximum Gasteiger partial charge on any atom is 0.249 e. The molecule has 9 nitrogen and oxygen atoms in total. The molecule has 2 fully saturated rings. The number of rotatable bonds is 8. The van der Waals surface area contributed by atoms with Crippen molar-refractivity contribution >= 4 is 22.4 Å². The Morgan fingerprint density at radius 3 is 2.71 bits per heavy atom. The Labute approximate surface area is 224 Å². The number of allylic oxidation sites excluding steroid dienone is 5. The molecule has 4 heterocycles. The maximum absolute atomic E-state index is 13.0. The molecule has 1 aliphatic carbocycles. The summed E-state index contributed by atoms with van der Waals surface area (Å²) in [5, 5.41) is 16.5. The molecule has 1 aliphatic heterocycles. The number of likely N-dealkylation sites (tertiary alicyclic amines) is 1. The molecule has 0 bridgehead atoms. The first-order valence-corrected chi connectivity index (χ1v) is 13.1. The van der Waals surface area contributed by atoms with E-state index in [-0.39, 0.29) is 5.91 Å². The smallest absolute Gasteiger partial charge is 0.249 e. The minimum absolute atomic E-state index is 0.131. The van der Waals surface area contributed by atoms with Gasteiger partial charge in [-0.2, -0.15) is 4.80 Å². The van der Waals surface area contributed by atoms with Crippen LogP contribution in [0.3, 0.4) is 0 Å². The average Bonchev–Trinajstić information content (AvgIpc) is 3.23. The van der Waals surface area contributed by atoms with Gasteiger partial charge in [-0.1, -0.05) is 38.3 Å². The molecule has 1 unspecified atom stereocenters. The standard InChI is InChI=1S/C22H32N6O.C7H5NO/c1-6-17(20-24-26-27(5)25-20)8-9-18(7-2)21(29)28-12-10-22(11-13-28)14-19(22)15-23-16(3)4;1-3-8-5-7-6(1)2-4-9-7/h6,8-9,19,23H,1,3,7,10-15H2,2,4-5H3;1-5H/b17-8+,18-9+;. The number of fused-ring (bicyclic) bond motifs is 1. The quantitative estimate of drug-likeness (QED) is 0.343. The summed E-state index contributed by atoms with van der Waals surface area (Å²) in [6.45, 7) is 14.4. The molecule has 1 atom stereocenters. The molecule has 0 radical (unpaired) electrons. The number of hydrogen-bond acceptors (Lipinski definition) is 7.